The fourth-order valence-corrected chi connectivity index (χ4v) is 2.86. The first-order chi connectivity index (χ1) is 9.76. The van der Waals surface area contributed by atoms with Gasteiger partial charge in [-0.25, -0.2) is 0 Å². The molecule has 1 aliphatic carbocycles. The van der Waals surface area contributed by atoms with Gasteiger partial charge in [-0.3, -0.25) is 9.78 Å². The minimum atomic E-state index is 0.0690. The largest absolute Gasteiger partial charge is 0.385 e. The van der Waals surface area contributed by atoms with Crippen molar-refractivity contribution in [1.82, 2.24) is 9.88 Å². The summed E-state index contributed by atoms with van der Waals surface area (Å²) in [6, 6.07) is 4.19. The molecule has 1 aliphatic rings. The van der Waals surface area contributed by atoms with Gasteiger partial charge in [-0.1, -0.05) is 19.8 Å². The lowest BCUT2D eigenvalue weighted by atomic mass is 10.2. The van der Waals surface area contributed by atoms with Crippen LogP contribution < -0.4 is 5.32 Å². The number of pyridine rings is 1. The summed E-state index contributed by atoms with van der Waals surface area (Å²) in [7, 11) is 0. The topological polar surface area (TPSA) is 45.2 Å². The third kappa shape index (κ3) is 3.50. The Kier molecular flexibility index (Phi) is 5.39. The van der Waals surface area contributed by atoms with Gasteiger partial charge in [-0.05, 0) is 38.3 Å². The maximum absolute atomic E-state index is 12.6. The van der Waals surface area contributed by atoms with Crippen molar-refractivity contribution in [3.8, 4) is 0 Å². The van der Waals surface area contributed by atoms with Gasteiger partial charge in [-0.2, -0.15) is 0 Å². The fraction of sp³-hybridized carbons (Fsp3) is 0.625. The van der Waals surface area contributed by atoms with Crippen LogP contribution in [0, 0.1) is 0 Å². The molecule has 1 amide bonds. The second-order valence-electron chi connectivity index (χ2n) is 5.39. The van der Waals surface area contributed by atoms with Crippen LogP contribution in [0.1, 0.15) is 56.4 Å². The molecule has 1 N–H and O–H groups in total. The van der Waals surface area contributed by atoms with Gasteiger partial charge in [0.1, 0.15) is 5.69 Å². The first kappa shape index (κ1) is 14.8. The van der Waals surface area contributed by atoms with Crippen molar-refractivity contribution in [2.24, 2.45) is 0 Å². The van der Waals surface area contributed by atoms with E-state index >= 15 is 0 Å². The fourth-order valence-electron chi connectivity index (χ4n) is 2.86. The molecular formula is C16H25N3O. The number of nitrogens with zero attached hydrogens (tertiary/aromatic N) is 2. The van der Waals surface area contributed by atoms with Gasteiger partial charge in [0.15, 0.2) is 0 Å². The van der Waals surface area contributed by atoms with E-state index in [1.54, 1.807) is 6.20 Å². The van der Waals surface area contributed by atoms with Crippen LogP contribution in [0.4, 0.5) is 5.69 Å². The molecular weight excluding hydrogens is 250 g/mol. The second kappa shape index (κ2) is 7.27. The Balaban J connectivity index is 2.10. The molecule has 0 aliphatic heterocycles. The van der Waals surface area contributed by atoms with Gasteiger partial charge in [0.05, 0.1) is 0 Å². The number of hydrogen-bond donors (Lipinski definition) is 1. The lowest BCUT2D eigenvalue weighted by Gasteiger charge is -2.27. The molecule has 0 saturated heterocycles. The molecule has 0 spiro atoms. The van der Waals surface area contributed by atoms with E-state index in [4.69, 9.17) is 0 Å². The van der Waals surface area contributed by atoms with Gasteiger partial charge in [-0.15, -0.1) is 0 Å². The van der Waals surface area contributed by atoms with E-state index in [1.807, 2.05) is 17.0 Å². The summed E-state index contributed by atoms with van der Waals surface area (Å²) < 4.78 is 0. The maximum Gasteiger partial charge on any atom is 0.272 e. The summed E-state index contributed by atoms with van der Waals surface area (Å²) >= 11 is 0. The number of carbonyl (C=O) groups excluding carboxylic acids is 1. The highest BCUT2D eigenvalue weighted by molar-refractivity contribution is 5.93. The Morgan fingerprint density at radius 2 is 2.15 bits per heavy atom. The molecule has 1 heterocycles. The molecule has 0 atom stereocenters. The Bertz CT molecular complexity index is 441. The lowest BCUT2D eigenvalue weighted by molar-refractivity contribution is 0.0687. The Hall–Kier alpha value is -1.58. The normalized spacial score (nSPS) is 15.3. The first-order valence-corrected chi connectivity index (χ1v) is 7.77. The van der Waals surface area contributed by atoms with Crippen LogP contribution in [-0.2, 0) is 0 Å². The molecule has 0 unspecified atom stereocenters. The highest BCUT2D eigenvalue weighted by Gasteiger charge is 2.26. The zero-order valence-corrected chi connectivity index (χ0v) is 12.6. The molecule has 1 aromatic rings. The number of nitrogens with one attached hydrogen (secondary N) is 1. The van der Waals surface area contributed by atoms with Crippen LogP contribution in [0.15, 0.2) is 18.3 Å². The number of hydrogen-bond acceptors (Lipinski definition) is 3. The first-order valence-electron chi connectivity index (χ1n) is 7.77. The maximum atomic E-state index is 12.6. The standard InChI is InChI=1S/C16H25N3O/c1-3-10-17-13-9-11-18-15(12-13)16(20)19(4-2)14-7-5-6-8-14/h9,11-12,14H,3-8,10H2,1-2H3,(H,17,18). The number of rotatable bonds is 6. The van der Waals surface area contributed by atoms with Crippen LogP contribution in [0.25, 0.3) is 0 Å². The molecule has 0 bridgehead atoms. The summed E-state index contributed by atoms with van der Waals surface area (Å²) in [6.45, 7) is 5.85. The van der Waals surface area contributed by atoms with Crippen LogP contribution in [0.5, 0.6) is 0 Å². The molecule has 1 fully saturated rings. The third-order valence-corrected chi connectivity index (χ3v) is 3.93. The zero-order valence-electron chi connectivity index (χ0n) is 12.6. The molecule has 2 rings (SSSR count). The van der Waals surface area contributed by atoms with Crippen LogP contribution >= 0.6 is 0 Å². The number of carbonyl (C=O) groups is 1. The van der Waals surface area contributed by atoms with Crippen molar-refractivity contribution in [2.75, 3.05) is 18.4 Å². The molecule has 20 heavy (non-hydrogen) atoms. The van der Waals surface area contributed by atoms with Gasteiger partial charge < -0.3 is 10.2 Å². The SMILES string of the molecule is CCCNc1ccnc(C(=O)N(CC)C2CCCC2)c1. The average molecular weight is 275 g/mol. The van der Waals surface area contributed by atoms with E-state index in [2.05, 4.69) is 24.1 Å². The number of amides is 1. The third-order valence-electron chi connectivity index (χ3n) is 3.93. The molecule has 1 aromatic heterocycles. The van der Waals surface area contributed by atoms with Crippen LogP contribution in [-0.4, -0.2) is 34.9 Å². The summed E-state index contributed by atoms with van der Waals surface area (Å²) in [4.78, 5) is 18.9. The van der Waals surface area contributed by atoms with Gasteiger partial charge in [0.2, 0.25) is 0 Å². The smallest absolute Gasteiger partial charge is 0.272 e. The summed E-state index contributed by atoms with van der Waals surface area (Å²) in [5.74, 6) is 0.0690. The number of aromatic nitrogens is 1. The predicted molar refractivity (Wildman–Crippen MR) is 82.0 cm³/mol. The zero-order chi connectivity index (χ0) is 14.4. The van der Waals surface area contributed by atoms with Gasteiger partial charge in [0.25, 0.3) is 5.91 Å². The van der Waals surface area contributed by atoms with E-state index in [9.17, 15) is 4.79 Å². The molecule has 4 nitrogen and oxygen atoms in total. The van der Waals surface area contributed by atoms with E-state index in [0.29, 0.717) is 11.7 Å². The van der Waals surface area contributed by atoms with Crippen molar-refractivity contribution in [3.05, 3.63) is 24.0 Å². The molecule has 0 radical (unpaired) electrons. The Morgan fingerprint density at radius 3 is 2.80 bits per heavy atom. The van der Waals surface area contributed by atoms with Crippen molar-refractivity contribution in [1.29, 1.82) is 0 Å². The predicted octanol–water partition coefficient (Wildman–Crippen LogP) is 3.31. The molecule has 1 saturated carbocycles. The quantitative estimate of drug-likeness (QED) is 0.866. The summed E-state index contributed by atoms with van der Waals surface area (Å²) in [6.07, 6.45) is 7.52. The Morgan fingerprint density at radius 1 is 1.40 bits per heavy atom. The van der Waals surface area contributed by atoms with E-state index in [1.165, 1.54) is 12.8 Å². The monoisotopic (exact) mass is 275 g/mol. The highest BCUT2D eigenvalue weighted by atomic mass is 16.2. The summed E-state index contributed by atoms with van der Waals surface area (Å²) in [5, 5.41) is 3.31. The molecule has 110 valence electrons. The van der Waals surface area contributed by atoms with Crippen LogP contribution in [0.2, 0.25) is 0 Å². The number of anilines is 1. The van der Waals surface area contributed by atoms with Crippen molar-refractivity contribution < 1.29 is 4.79 Å². The molecule has 0 aromatic carbocycles. The van der Waals surface area contributed by atoms with E-state index in [0.717, 1.165) is 38.0 Å². The minimum absolute atomic E-state index is 0.0690. The van der Waals surface area contributed by atoms with E-state index < -0.39 is 0 Å². The molecule has 4 heteroatoms. The van der Waals surface area contributed by atoms with E-state index in [-0.39, 0.29) is 5.91 Å². The second-order valence-corrected chi connectivity index (χ2v) is 5.39. The van der Waals surface area contributed by atoms with Gasteiger partial charge >= 0.3 is 0 Å². The lowest BCUT2D eigenvalue weighted by Crippen LogP contribution is -2.39. The van der Waals surface area contributed by atoms with Gasteiger partial charge in [0, 0.05) is 31.0 Å². The van der Waals surface area contributed by atoms with Crippen molar-refractivity contribution in [3.63, 3.8) is 0 Å². The Labute approximate surface area is 121 Å². The average Bonchev–Trinajstić information content (AvgIpc) is 3.00. The van der Waals surface area contributed by atoms with Crippen LogP contribution in [0.3, 0.4) is 0 Å². The minimum Gasteiger partial charge on any atom is -0.385 e. The highest BCUT2D eigenvalue weighted by Crippen LogP contribution is 2.24. The van der Waals surface area contributed by atoms with Crippen molar-refractivity contribution >= 4 is 11.6 Å². The van der Waals surface area contributed by atoms with Crippen molar-refractivity contribution in [2.45, 2.75) is 52.0 Å². The summed E-state index contributed by atoms with van der Waals surface area (Å²) in [5.41, 5.74) is 1.53.